The maximum Gasteiger partial charge on any atom is 0.326 e. The van der Waals surface area contributed by atoms with Crippen molar-refractivity contribution in [3.05, 3.63) is 0 Å². The van der Waals surface area contributed by atoms with E-state index in [1.165, 1.54) is 0 Å². The van der Waals surface area contributed by atoms with Gasteiger partial charge in [-0.15, -0.1) is 0 Å². The summed E-state index contributed by atoms with van der Waals surface area (Å²) >= 11 is 0. The first-order chi connectivity index (χ1) is 7.49. The molecule has 0 saturated carbocycles. The number of nitrogens with one attached hydrogen (secondary N) is 1. The molecular formula is C10H18N2O4. The van der Waals surface area contributed by atoms with E-state index in [0.29, 0.717) is 32.5 Å². The Morgan fingerprint density at radius 2 is 2.06 bits per heavy atom. The third kappa shape index (κ3) is 2.93. The molecule has 1 atom stereocenters. The molecule has 1 heterocycles. The third-order valence-corrected chi connectivity index (χ3v) is 2.85. The third-order valence-electron chi connectivity index (χ3n) is 2.85. The van der Waals surface area contributed by atoms with Crippen LogP contribution in [0, 0.1) is 0 Å². The van der Waals surface area contributed by atoms with Gasteiger partial charge in [0.2, 0.25) is 5.91 Å². The zero-order valence-corrected chi connectivity index (χ0v) is 9.36. The number of amides is 1. The number of rotatable bonds is 4. The Bertz CT molecular complexity index is 274. The summed E-state index contributed by atoms with van der Waals surface area (Å²) < 4.78 is 5.12. The lowest BCUT2D eigenvalue weighted by Crippen LogP contribution is -2.59. The number of nitrogens with two attached hydrogens (primary N) is 1. The molecule has 16 heavy (non-hydrogen) atoms. The molecule has 6 heteroatoms. The lowest BCUT2D eigenvalue weighted by atomic mass is 9.90. The fraction of sp³-hybridized carbons (Fsp3) is 0.800. The van der Waals surface area contributed by atoms with Crippen LogP contribution in [0.3, 0.4) is 0 Å². The predicted molar refractivity (Wildman–Crippen MR) is 56.8 cm³/mol. The highest BCUT2D eigenvalue weighted by atomic mass is 16.5. The first-order valence-corrected chi connectivity index (χ1v) is 5.40. The second kappa shape index (κ2) is 5.27. The molecule has 0 aromatic carbocycles. The fourth-order valence-electron chi connectivity index (χ4n) is 1.60. The second-order valence-electron chi connectivity index (χ2n) is 4.04. The van der Waals surface area contributed by atoms with E-state index >= 15 is 0 Å². The van der Waals surface area contributed by atoms with Gasteiger partial charge in [-0.1, -0.05) is 6.92 Å². The van der Waals surface area contributed by atoms with E-state index in [1.54, 1.807) is 6.92 Å². The summed E-state index contributed by atoms with van der Waals surface area (Å²) in [5, 5.41) is 11.3. The topological polar surface area (TPSA) is 102 Å². The standard InChI is InChI=1S/C10H18N2O4/c1-2-7(8(13)14)12-9(15)10(11)3-5-16-6-4-10/h7H,2-6,11H2,1H3,(H,12,15)(H,13,14)/t7-/m0/s1. The molecule has 0 spiro atoms. The minimum atomic E-state index is -1.04. The molecule has 0 aliphatic carbocycles. The number of carboxylic acid groups (broad SMARTS) is 1. The summed E-state index contributed by atoms with van der Waals surface area (Å²) in [4.78, 5) is 22.6. The number of hydrogen-bond acceptors (Lipinski definition) is 4. The van der Waals surface area contributed by atoms with Gasteiger partial charge in [-0.05, 0) is 19.3 Å². The van der Waals surface area contributed by atoms with Crippen LogP contribution < -0.4 is 11.1 Å². The van der Waals surface area contributed by atoms with E-state index in [1.807, 2.05) is 0 Å². The SMILES string of the molecule is CC[C@H](NC(=O)C1(N)CCOCC1)C(=O)O. The smallest absolute Gasteiger partial charge is 0.326 e. The van der Waals surface area contributed by atoms with Gasteiger partial charge in [-0.2, -0.15) is 0 Å². The van der Waals surface area contributed by atoms with Gasteiger partial charge in [0.15, 0.2) is 0 Å². The van der Waals surface area contributed by atoms with Gasteiger partial charge in [-0.25, -0.2) is 4.79 Å². The molecule has 1 fully saturated rings. The second-order valence-corrected chi connectivity index (χ2v) is 4.04. The van der Waals surface area contributed by atoms with E-state index in [9.17, 15) is 9.59 Å². The molecular weight excluding hydrogens is 212 g/mol. The van der Waals surface area contributed by atoms with Crippen molar-refractivity contribution in [3.8, 4) is 0 Å². The number of hydrogen-bond donors (Lipinski definition) is 3. The molecule has 1 rings (SSSR count). The fourth-order valence-corrected chi connectivity index (χ4v) is 1.60. The summed E-state index contributed by atoms with van der Waals surface area (Å²) in [6, 6.07) is -0.865. The van der Waals surface area contributed by atoms with E-state index in [-0.39, 0.29) is 0 Å². The van der Waals surface area contributed by atoms with E-state index in [2.05, 4.69) is 5.32 Å². The van der Waals surface area contributed by atoms with Crippen molar-refractivity contribution in [1.29, 1.82) is 0 Å². The summed E-state index contributed by atoms with van der Waals surface area (Å²) in [6.07, 6.45) is 1.19. The van der Waals surface area contributed by atoms with Crippen molar-refractivity contribution < 1.29 is 19.4 Å². The molecule has 1 aliphatic rings. The number of carbonyl (C=O) groups is 2. The minimum Gasteiger partial charge on any atom is -0.480 e. The Kier molecular flexibility index (Phi) is 4.26. The van der Waals surface area contributed by atoms with E-state index in [4.69, 9.17) is 15.6 Å². The van der Waals surface area contributed by atoms with E-state index < -0.39 is 23.5 Å². The summed E-state index contributed by atoms with van der Waals surface area (Å²) in [7, 11) is 0. The maximum absolute atomic E-state index is 11.8. The van der Waals surface area contributed by atoms with Gasteiger partial charge in [0, 0.05) is 13.2 Å². The van der Waals surface area contributed by atoms with Gasteiger partial charge >= 0.3 is 5.97 Å². The van der Waals surface area contributed by atoms with Crippen LogP contribution in [0.5, 0.6) is 0 Å². The Labute approximate surface area is 94.1 Å². The Hall–Kier alpha value is -1.14. The normalized spacial score (nSPS) is 21.1. The Balaban J connectivity index is 2.59. The summed E-state index contributed by atoms with van der Waals surface area (Å²) in [5.41, 5.74) is 4.94. The maximum atomic E-state index is 11.8. The van der Waals surface area contributed by atoms with Crippen LogP contribution in [0.1, 0.15) is 26.2 Å². The molecule has 92 valence electrons. The van der Waals surface area contributed by atoms with Crippen molar-refractivity contribution in [1.82, 2.24) is 5.32 Å². The predicted octanol–water partition coefficient (Wildman–Crippen LogP) is -0.526. The van der Waals surface area contributed by atoms with Gasteiger partial charge in [0.1, 0.15) is 6.04 Å². The average molecular weight is 230 g/mol. The van der Waals surface area contributed by atoms with E-state index in [0.717, 1.165) is 0 Å². The zero-order valence-electron chi connectivity index (χ0n) is 9.36. The largest absolute Gasteiger partial charge is 0.480 e. The molecule has 0 aromatic heterocycles. The average Bonchev–Trinajstić information content (AvgIpc) is 2.26. The van der Waals surface area contributed by atoms with Crippen LogP contribution in [-0.2, 0) is 14.3 Å². The van der Waals surface area contributed by atoms with Crippen LogP contribution in [0.2, 0.25) is 0 Å². The first-order valence-electron chi connectivity index (χ1n) is 5.40. The number of aliphatic carboxylic acids is 1. The molecule has 1 amide bonds. The molecule has 4 N–H and O–H groups in total. The molecule has 6 nitrogen and oxygen atoms in total. The monoisotopic (exact) mass is 230 g/mol. The number of carboxylic acids is 1. The van der Waals surface area contributed by atoms with Crippen LogP contribution in [0.25, 0.3) is 0 Å². The molecule has 0 unspecified atom stereocenters. The lowest BCUT2D eigenvalue weighted by molar-refractivity contribution is -0.143. The molecule has 0 aromatic rings. The highest BCUT2D eigenvalue weighted by Crippen LogP contribution is 2.18. The quantitative estimate of drug-likeness (QED) is 0.603. The lowest BCUT2D eigenvalue weighted by Gasteiger charge is -2.32. The Morgan fingerprint density at radius 3 is 2.50 bits per heavy atom. The van der Waals surface area contributed by atoms with Crippen LogP contribution in [-0.4, -0.2) is 41.8 Å². The highest BCUT2D eigenvalue weighted by molar-refractivity contribution is 5.90. The number of ether oxygens (including phenoxy) is 1. The van der Waals surface area contributed by atoms with Crippen LogP contribution >= 0.6 is 0 Å². The first kappa shape index (κ1) is 12.9. The minimum absolute atomic E-state index is 0.341. The highest BCUT2D eigenvalue weighted by Gasteiger charge is 2.37. The van der Waals surface area contributed by atoms with Crippen molar-refractivity contribution in [2.24, 2.45) is 5.73 Å². The van der Waals surface area contributed by atoms with Crippen LogP contribution in [0.15, 0.2) is 0 Å². The van der Waals surface area contributed by atoms with Crippen LogP contribution in [0.4, 0.5) is 0 Å². The van der Waals surface area contributed by atoms with Gasteiger partial charge in [0.25, 0.3) is 0 Å². The van der Waals surface area contributed by atoms with Gasteiger partial charge in [-0.3, -0.25) is 4.79 Å². The van der Waals surface area contributed by atoms with Gasteiger partial charge in [0.05, 0.1) is 5.54 Å². The zero-order chi connectivity index (χ0) is 12.2. The molecule has 0 bridgehead atoms. The number of carbonyl (C=O) groups excluding carboxylic acids is 1. The van der Waals surface area contributed by atoms with Crippen molar-refractivity contribution in [2.45, 2.75) is 37.8 Å². The van der Waals surface area contributed by atoms with Gasteiger partial charge < -0.3 is 20.9 Å². The molecule has 1 saturated heterocycles. The Morgan fingerprint density at radius 1 is 1.50 bits per heavy atom. The summed E-state index contributed by atoms with van der Waals surface area (Å²) in [6.45, 7) is 2.58. The molecule has 0 radical (unpaired) electrons. The summed E-state index contributed by atoms with van der Waals surface area (Å²) in [5.74, 6) is -1.43. The molecule has 1 aliphatic heterocycles. The van der Waals surface area contributed by atoms with Crippen molar-refractivity contribution in [2.75, 3.05) is 13.2 Å². The van der Waals surface area contributed by atoms with Crippen molar-refractivity contribution in [3.63, 3.8) is 0 Å². The van der Waals surface area contributed by atoms with Crippen molar-refractivity contribution >= 4 is 11.9 Å².